The average Bonchev–Trinajstić information content (AvgIpc) is 2.93. The van der Waals surface area contributed by atoms with Gasteiger partial charge in [-0.2, -0.15) is 15.0 Å². The molecule has 0 amide bonds. The summed E-state index contributed by atoms with van der Waals surface area (Å²) in [4.78, 5) is 17.6. The summed E-state index contributed by atoms with van der Waals surface area (Å²) in [6.07, 6.45) is 2.98. The standard InChI is InChI=1S/C12H11N7O/c13-9-16-10(14)18-11(17-9)19(12-15-6-7-20-12)8-4-2-1-3-5-8/h1-7H,(H4,13,14,16,17,18). The van der Waals surface area contributed by atoms with Crippen molar-refractivity contribution in [3.8, 4) is 0 Å². The Morgan fingerprint density at radius 2 is 1.65 bits per heavy atom. The van der Waals surface area contributed by atoms with Gasteiger partial charge in [-0.1, -0.05) is 18.2 Å². The van der Waals surface area contributed by atoms with E-state index in [-0.39, 0.29) is 17.8 Å². The zero-order valence-electron chi connectivity index (χ0n) is 10.3. The molecule has 3 rings (SSSR count). The van der Waals surface area contributed by atoms with Crippen LogP contribution < -0.4 is 16.4 Å². The molecule has 2 heterocycles. The maximum absolute atomic E-state index is 5.61. The van der Waals surface area contributed by atoms with Crippen LogP contribution >= 0.6 is 0 Å². The number of nitrogen functional groups attached to an aromatic ring is 2. The Morgan fingerprint density at radius 1 is 0.950 bits per heavy atom. The number of hydrogen-bond donors (Lipinski definition) is 2. The van der Waals surface area contributed by atoms with Crippen LogP contribution in [0, 0.1) is 0 Å². The summed E-state index contributed by atoms with van der Waals surface area (Å²) in [5.74, 6) is 0.295. The van der Waals surface area contributed by atoms with Gasteiger partial charge in [0.15, 0.2) is 0 Å². The fourth-order valence-electron chi connectivity index (χ4n) is 1.71. The predicted octanol–water partition coefficient (Wildman–Crippen LogP) is 1.49. The van der Waals surface area contributed by atoms with Crippen LogP contribution in [0.15, 0.2) is 47.2 Å². The minimum Gasteiger partial charge on any atom is -0.432 e. The van der Waals surface area contributed by atoms with Gasteiger partial charge in [-0.05, 0) is 12.1 Å². The predicted molar refractivity (Wildman–Crippen MR) is 73.4 cm³/mol. The normalized spacial score (nSPS) is 10.4. The molecule has 100 valence electrons. The van der Waals surface area contributed by atoms with Gasteiger partial charge in [-0.3, -0.25) is 0 Å². The van der Waals surface area contributed by atoms with Gasteiger partial charge in [0.05, 0.1) is 11.9 Å². The minimum atomic E-state index is 0.0278. The van der Waals surface area contributed by atoms with Gasteiger partial charge < -0.3 is 15.9 Å². The van der Waals surface area contributed by atoms with Crippen LogP contribution in [0.25, 0.3) is 0 Å². The highest BCUT2D eigenvalue weighted by molar-refractivity contribution is 5.67. The molecule has 0 aliphatic heterocycles. The van der Waals surface area contributed by atoms with Crippen LogP contribution in [0.1, 0.15) is 0 Å². The molecule has 0 unspecified atom stereocenters. The van der Waals surface area contributed by atoms with Crippen LogP contribution in [0.4, 0.5) is 29.5 Å². The topological polar surface area (TPSA) is 120 Å². The van der Waals surface area contributed by atoms with E-state index >= 15 is 0 Å². The van der Waals surface area contributed by atoms with E-state index in [2.05, 4.69) is 19.9 Å². The van der Waals surface area contributed by atoms with E-state index < -0.39 is 0 Å². The third kappa shape index (κ3) is 2.21. The van der Waals surface area contributed by atoms with Crippen LogP contribution in [0.3, 0.4) is 0 Å². The second-order valence-electron chi connectivity index (χ2n) is 3.84. The summed E-state index contributed by atoms with van der Waals surface area (Å²) in [6, 6.07) is 9.67. The Kier molecular flexibility index (Phi) is 2.88. The van der Waals surface area contributed by atoms with Crippen molar-refractivity contribution in [2.75, 3.05) is 16.4 Å². The van der Waals surface area contributed by atoms with E-state index in [1.54, 1.807) is 4.90 Å². The third-order valence-corrected chi connectivity index (χ3v) is 2.48. The maximum atomic E-state index is 5.61. The zero-order valence-corrected chi connectivity index (χ0v) is 10.3. The van der Waals surface area contributed by atoms with E-state index in [1.807, 2.05) is 30.3 Å². The van der Waals surface area contributed by atoms with E-state index in [9.17, 15) is 0 Å². The number of aromatic nitrogens is 4. The number of anilines is 5. The molecule has 0 bridgehead atoms. The van der Waals surface area contributed by atoms with Crippen molar-refractivity contribution in [1.82, 2.24) is 19.9 Å². The van der Waals surface area contributed by atoms with E-state index in [0.717, 1.165) is 5.69 Å². The SMILES string of the molecule is Nc1nc(N)nc(N(c2ccccc2)c2ncco2)n1. The largest absolute Gasteiger partial charge is 0.432 e. The lowest BCUT2D eigenvalue weighted by atomic mass is 10.3. The fourth-order valence-corrected chi connectivity index (χ4v) is 1.71. The first kappa shape index (κ1) is 11.9. The van der Waals surface area contributed by atoms with Crippen LogP contribution in [-0.4, -0.2) is 19.9 Å². The van der Waals surface area contributed by atoms with Gasteiger partial charge >= 0.3 is 6.01 Å². The second kappa shape index (κ2) is 4.84. The molecule has 8 heteroatoms. The van der Waals surface area contributed by atoms with E-state index in [0.29, 0.717) is 6.01 Å². The average molecular weight is 269 g/mol. The number of benzene rings is 1. The first-order valence-electron chi connectivity index (χ1n) is 5.76. The Morgan fingerprint density at radius 3 is 2.25 bits per heavy atom. The summed E-state index contributed by atoms with van der Waals surface area (Å²) in [7, 11) is 0. The number of nitrogens with two attached hydrogens (primary N) is 2. The molecule has 0 saturated carbocycles. The number of oxazole rings is 1. The zero-order chi connectivity index (χ0) is 13.9. The molecule has 8 nitrogen and oxygen atoms in total. The molecule has 0 fully saturated rings. The van der Waals surface area contributed by atoms with Gasteiger partial charge in [-0.15, -0.1) is 0 Å². The lowest BCUT2D eigenvalue weighted by Crippen LogP contribution is -2.16. The summed E-state index contributed by atoms with van der Waals surface area (Å²) in [6.45, 7) is 0. The molecule has 0 radical (unpaired) electrons. The highest BCUT2D eigenvalue weighted by atomic mass is 16.4. The van der Waals surface area contributed by atoms with Crippen molar-refractivity contribution < 1.29 is 4.42 Å². The molecule has 0 aliphatic rings. The highest BCUT2D eigenvalue weighted by Gasteiger charge is 2.19. The first-order chi connectivity index (χ1) is 9.74. The van der Waals surface area contributed by atoms with Crippen LogP contribution in [0.5, 0.6) is 0 Å². The van der Waals surface area contributed by atoms with Gasteiger partial charge in [0.25, 0.3) is 0 Å². The van der Waals surface area contributed by atoms with Crippen molar-refractivity contribution in [3.05, 3.63) is 42.8 Å². The van der Waals surface area contributed by atoms with Gasteiger partial charge in [0, 0.05) is 0 Å². The Bertz CT molecular complexity index is 679. The molecular weight excluding hydrogens is 258 g/mol. The minimum absolute atomic E-state index is 0.0278. The number of nitrogens with zero attached hydrogens (tertiary/aromatic N) is 5. The first-order valence-corrected chi connectivity index (χ1v) is 5.76. The number of hydrogen-bond acceptors (Lipinski definition) is 8. The van der Waals surface area contributed by atoms with Crippen molar-refractivity contribution in [1.29, 1.82) is 0 Å². The second-order valence-corrected chi connectivity index (χ2v) is 3.84. The lowest BCUT2D eigenvalue weighted by molar-refractivity contribution is 0.563. The molecule has 0 spiro atoms. The molecule has 1 aromatic carbocycles. The van der Waals surface area contributed by atoms with Gasteiger partial charge in [-0.25, -0.2) is 9.88 Å². The van der Waals surface area contributed by atoms with Crippen molar-refractivity contribution in [2.24, 2.45) is 0 Å². The Labute approximate surface area is 114 Å². The Hall–Kier alpha value is -3.16. The Balaban J connectivity index is 2.15. The molecule has 3 aromatic rings. The third-order valence-electron chi connectivity index (χ3n) is 2.48. The monoisotopic (exact) mass is 269 g/mol. The highest BCUT2D eigenvalue weighted by Crippen LogP contribution is 2.30. The summed E-state index contributed by atoms with van der Waals surface area (Å²) in [5, 5.41) is 0. The fraction of sp³-hybridized carbons (Fsp3) is 0. The molecule has 0 atom stereocenters. The van der Waals surface area contributed by atoms with Crippen LogP contribution in [-0.2, 0) is 0 Å². The van der Waals surface area contributed by atoms with Crippen molar-refractivity contribution >= 4 is 29.5 Å². The summed E-state index contributed by atoms with van der Waals surface area (Å²) in [5.41, 5.74) is 12.0. The number of para-hydroxylation sites is 1. The molecular formula is C12H11N7O. The molecule has 0 aliphatic carbocycles. The van der Waals surface area contributed by atoms with Crippen LogP contribution in [0.2, 0.25) is 0 Å². The van der Waals surface area contributed by atoms with Gasteiger partial charge in [0.2, 0.25) is 17.8 Å². The molecule has 20 heavy (non-hydrogen) atoms. The molecule has 4 N–H and O–H groups in total. The molecule has 2 aromatic heterocycles. The van der Waals surface area contributed by atoms with E-state index in [1.165, 1.54) is 12.5 Å². The van der Waals surface area contributed by atoms with Gasteiger partial charge in [0.1, 0.15) is 6.26 Å². The lowest BCUT2D eigenvalue weighted by Gasteiger charge is -2.18. The summed E-state index contributed by atoms with van der Waals surface area (Å²) >= 11 is 0. The summed E-state index contributed by atoms with van der Waals surface area (Å²) < 4.78 is 5.32. The quantitative estimate of drug-likeness (QED) is 0.733. The number of rotatable bonds is 3. The van der Waals surface area contributed by atoms with Crippen molar-refractivity contribution in [2.45, 2.75) is 0 Å². The smallest absolute Gasteiger partial charge is 0.308 e. The maximum Gasteiger partial charge on any atom is 0.308 e. The molecule has 0 saturated heterocycles. The van der Waals surface area contributed by atoms with Crippen molar-refractivity contribution in [3.63, 3.8) is 0 Å². The van der Waals surface area contributed by atoms with E-state index in [4.69, 9.17) is 15.9 Å².